The van der Waals surface area contributed by atoms with Gasteiger partial charge in [0, 0.05) is 13.2 Å². The molecule has 3 N–H and O–H groups in total. The highest BCUT2D eigenvalue weighted by molar-refractivity contribution is 5.96. The number of nitrogens with zero attached hydrogens (tertiary/aromatic N) is 1. The average Bonchev–Trinajstić information content (AvgIpc) is 2.47. The molecule has 11 heavy (non-hydrogen) atoms. The van der Waals surface area contributed by atoms with E-state index in [-0.39, 0.29) is 5.66 Å². The van der Waals surface area contributed by atoms with E-state index >= 15 is 0 Å². The fraction of sp³-hybridized carbons (Fsp3) is 0.571. The topological polar surface area (TPSA) is 48.5 Å². The Morgan fingerprint density at radius 1 is 1.45 bits per heavy atom. The number of nitrogens with one attached hydrogen (secondary N) is 3. The van der Waals surface area contributed by atoms with Crippen LogP contribution in [-0.4, -0.2) is 32.6 Å². The number of amidine groups is 1. The zero-order valence-electron chi connectivity index (χ0n) is 7.10. The van der Waals surface area contributed by atoms with Crippen molar-refractivity contribution in [3.8, 4) is 0 Å². The molecule has 1 heterocycles. The summed E-state index contributed by atoms with van der Waals surface area (Å²) in [6.07, 6.45) is 3.87. The van der Waals surface area contributed by atoms with Crippen LogP contribution >= 0.6 is 0 Å². The maximum Gasteiger partial charge on any atom is 0.148 e. The summed E-state index contributed by atoms with van der Waals surface area (Å²) in [5.74, 6) is 0.891. The lowest BCUT2D eigenvalue weighted by molar-refractivity contribution is 0.498. The number of rotatable bonds is 2. The van der Waals surface area contributed by atoms with Crippen molar-refractivity contribution in [3.63, 3.8) is 0 Å². The van der Waals surface area contributed by atoms with Crippen LogP contribution in [0.3, 0.4) is 0 Å². The second-order valence-electron chi connectivity index (χ2n) is 2.36. The van der Waals surface area contributed by atoms with E-state index in [1.54, 1.807) is 7.05 Å². The largest absolute Gasteiger partial charge is 0.348 e. The molecule has 0 saturated carbocycles. The number of hydrogen-bond donors (Lipinski definition) is 3. The average molecular weight is 154 g/mol. The Morgan fingerprint density at radius 3 is 2.45 bits per heavy atom. The van der Waals surface area contributed by atoms with Gasteiger partial charge in [0.25, 0.3) is 0 Å². The minimum atomic E-state index is -0.297. The van der Waals surface area contributed by atoms with Gasteiger partial charge in [-0.25, -0.2) is 0 Å². The Hall–Kier alpha value is -0.870. The van der Waals surface area contributed by atoms with Crippen molar-refractivity contribution in [1.29, 1.82) is 0 Å². The number of aliphatic imine (C=N–C) groups is 1. The summed E-state index contributed by atoms with van der Waals surface area (Å²) in [5.41, 5.74) is -0.297. The van der Waals surface area contributed by atoms with Crippen molar-refractivity contribution in [3.05, 3.63) is 12.3 Å². The van der Waals surface area contributed by atoms with E-state index in [2.05, 4.69) is 20.9 Å². The van der Waals surface area contributed by atoms with Gasteiger partial charge in [0.2, 0.25) is 0 Å². The Bertz CT molecular complexity index is 191. The quantitative estimate of drug-likeness (QED) is 0.459. The second-order valence-corrected chi connectivity index (χ2v) is 2.36. The summed E-state index contributed by atoms with van der Waals surface area (Å²) in [5, 5.41) is 9.32. The van der Waals surface area contributed by atoms with E-state index in [0.29, 0.717) is 0 Å². The third kappa shape index (κ3) is 1.15. The van der Waals surface area contributed by atoms with Gasteiger partial charge in [0.1, 0.15) is 11.5 Å². The summed E-state index contributed by atoms with van der Waals surface area (Å²) in [7, 11) is 5.54. The van der Waals surface area contributed by atoms with Gasteiger partial charge in [-0.15, -0.1) is 0 Å². The molecule has 1 rings (SSSR count). The van der Waals surface area contributed by atoms with Gasteiger partial charge in [0.15, 0.2) is 0 Å². The molecule has 0 amide bonds. The Kier molecular flexibility index (Phi) is 2.26. The lowest BCUT2D eigenvalue weighted by Crippen LogP contribution is -2.59. The molecule has 1 aliphatic heterocycles. The van der Waals surface area contributed by atoms with Crippen LogP contribution in [0, 0.1) is 0 Å². The zero-order chi connectivity index (χ0) is 8.32. The van der Waals surface area contributed by atoms with Gasteiger partial charge in [-0.05, 0) is 20.2 Å². The first kappa shape index (κ1) is 8.23. The summed E-state index contributed by atoms with van der Waals surface area (Å²) in [6, 6.07) is 0. The van der Waals surface area contributed by atoms with Crippen molar-refractivity contribution < 1.29 is 0 Å². The van der Waals surface area contributed by atoms with E-state index in [1.165, 1.54) is 0 Å². The molecular formula is C7H14N4. The summed E-state index contributed by atoms with van der Waals surface area (Å²) < 4.78 is 0. The summed E-state index contributed by atoms with van der Waals surface area (Å²) in [6.45, 7) is 0. The molecule has 0 spiro atoms. The standard InChI is InChI=1S/C7H14N4/c1-8-6-7(9-2,10-3)4-5-11-6/h4-5,9-10H,1-3H3,(H,8,11). The van der Waals surface area contributed by atoms with E-state index in [0.717, 1.165) is 5.84 Å². The first-order valence-electron chi connectivity index (χ1n) is 3.58. The molecule has 0 radical (unpaired) electrons. The molecule has 4 nitrogen and oxygen atoms in total. The van der Waals surface area contributed by atoms with Crippen LogP contribution in [0.4, 0.5) is 0 Å². The number of hydrogen-bond acceptors (Lipinski definition) is 3. The molecule has 0 bridgehead atoms. The first-order valence-corrected chi connectivity index (χ1v) is 3.58. The molecule has 62 valence electrons. The lowest BCUT2D eigenvalue weighted by atomic mass is 10.2. The van der Waals surface area contributed by atoms with E-state index in [1.807, 2.05) is 26.4 Å². The molecule has 0 unspecified atom stereocenters. The van der Waals surface area contributed by atoms with Crippen LogP contribution in [0.5, 0.6) is 0 Å². The highest BCUT2D eigenvalue weighted by atomic mass is 15.2. The van der Waals surface area contributed by atoms with Crippen LogP contribution in [-0.2, 0) is 0 Å². The third-order valence-electron chi connectivity index (χ3n) is 1.94. The lowest BCUT2D eigenvalue weighted by Gasteiger charge is -2.26. The van der Waals surface area contributed by atoms with Crippen molar-refractivity contribution in [2.24, 2.45) is 4.99 Å². The summed E-state index contributed by atoms with van der Waals surface area (Å²) in [4.78, 5) is 4.10. The minimum absolute atomic E-state index is 0.297. The minimum Gasteiger partial charge on any atom is -0.348 e. The van der Waals surface area contributed by atoms with Crippen LogP contribution in [0.1, 0.15) is 0 Å². The van der Waals surface area contributed by atoms with Crippen LogP contribution in [0.2, 0.25) is 0 Å². The van der Waals surface area contributed by atoms with Crippen molar-refractivity contribution in [2.75, 3.05) is 21.1 Å². The van der Waals surface area contributed by atoms with Crippen molar-refractivity contribution >= 4 is 5.84 Å². The molecule has 0 aromatic heterocycles. The maximum atomic E-state index is 4.10. The Labute approximate surface area is 66.8 Å². The molecule has 0 fully saturated rings. The molecule has 0 aromatic rings. The highest BCUT2D eigenvalue weighted by Crippen LogP contribution is 2.07. The van der Waals surface area contributed by atoms with E-state index in [9.17, 15) is 0 Å². The smallest absolute Gasteiger partial charge is 0.148 e. The van der Waals surface area contributed by atoms with E-state index < -0.39 is 0 Å². The Balaban J connectivity index is 2.88. The van der Waals surface area contributed by atoms with Crippen molar-refractivity contribution in [2.45, 2.75) is 5.66 Å². The molecular weight excluding hydrogens is 140 g/mol. The zero-order valence-corrected chi connectivity index (χ0v) is 7.10. The second kappa shape index (κ2) is 3.02. The monoisotopic (exact) mass is 154 g/mol. The molecule has 1 aliphatic rings. The Morgan fingerprint density at radius 2 is 2.09 bits per heavy atom. The van der Waals surface area contributed by atoms with Gasteiger partial charge in [0.05, 0.1) is 0 Å². The SMILES string of the molecule is CN=C1NC=CC1(NC)NC. The third-order valence-corrected chi connectivity index (χ3v) is 1.94. The highest BCUT2D eigenvalue weighted by Gasteiger charge is 2.32. The fourth-order valence-electron chi connectivity index (χ4n) is 1.21. The normalized spacial score (nSPS) is 24.1. The van der Waals surface area contributed by atoms with Crippen LogP contribution in [0.15, 0.2) is 17.3 Å². The van der Waals surface area contributed by atoms with Crippen molar-refractivity contribution in [1.82, 2.24) is 16.0 Å². The number of likely N-dealkylation sites (N-methyl/N-ethyl adjacent to an activating group) is 2. The van der Waals surface area contributed by atoms with Gasteiger partial charge >= 0.3 is 0 Å². The predicted octanol–water partition coefficient (Wildman–Crippen LogP) is -0.733. The molecule has 0 aliphatic carbocycles. The molecule has 0 saturated heterocycles. The van der Waals surface area contributed by atoms with Gasteiger partial charge in [-0.3, -0.25) is 15.6 Å². The maximum absolute atomic E-state index is 4.10. The van der Waals surface area contributed by atoms with Crippen LogP contribution in [0.25, 0.3) is 0 Å². The molecule has 0 aromatic carbocycles. The summed E-state index contributed by atoms with van der Waals surface area (Å²) >= 11 is 0. The van der Waals surface area contributed by atoms with Gasteiger partial charge < -0.3 is 5.32 Å². The van der Waals surface area contributed by atoms with E-state index in [4.69, 9.17) is 0 Å². The first-order chi connectivity index (χ1) is 5.29. The predicted molar refractivity (Wildman–Crippen MR) is 46.5 cm³/mol. The molecule has 4 heteroatoms. The van der Waals surface area contributed by atoms with Crippen LogP contribution < -0.4 is 16.0 Å². The van der Waals surface area contributed by atoms with Gasteiger partial charge in [-0.2, -0.15) is 0 Å². The molecule has 0 atom stereocenters. The fourth-order valence-corrected chi connectivity index (χ4v) is 1.21. The van der Waals surface area contributed by atoms with Gasteiger partial charge in [-0.1, -0.05) is 0 Å².